The summed E-state index contributed by atoms with van der Waals surface area (Å²) in [7, 11) is 2.10. The van der Waals surface area contributed by atoms with Crippen molar-refractivity contribution in [3.05, 3.63) is 183 Å². The fourth-order valence-corrected chi connectivity index (χ4v) is 13.3. The van der Waals surface area contributed by atoms with Crippen molar-refractivity contribution >= 4 is 75.1 Å². The number of rotatable bonds is 6. The van der Waals surface area contributed by atoms with E-state index < -0.39 is 0 Å². The molecule has 25 nitrogen and oxygen atoms in total. The van der Waals surface area contributed by atoms with E-state index in [-0.39, 0.29) is 56.6 Å². The maximum absolute atomic E-state index is 12.8. The van der Waals surface area contributed by atoms with E-state index in [1.54, 1.807) is 69.2 Å². The van der Waals surface area contributed by atoms with Gasteiger partial charge in [0.25, 0.3) is 0 Å². The molecule has 9 aliphatic rings. The minimum absolute atomic E-state index is 0. The Hall–Kier alpha value is -9.57. The molecule has 5 N–H and O–H groups in total. The minimum atomic E-state index is -0.249. The van der Waals surface area contributed by atoms with Crippen LogP contribution >= 0.6 is 22.6 Å². The zero-order valence-corrected chi connectivity index (χ0v) is 53.5. The van der Waals surface area contributed by atoms with E-state index in [9.17, 15) is 24.0 Å². The fraction of sp³-hybridized carbons (Fsp3) is 0.373. The summed E-state index contributed by atoms with van der Waals surface area (Å²) in [5.41, 5.74) is 12.8. The van der Waals surface area contributed by atoms with Gasteiger partial charge in [-0.3, -0.25) is 33.5 Å². The highest BCUT2D eigenvalue weighted by Crippen LogP contribution is 2.40. The number of allylic oxidation sites excluding steroid dienone is 1. The van der Waals surface area contributed by atoms with Crippen LogP contribution in [0.3, 0.4) is 0 Å². The molecule has 26 heteroatoms. The summed E-state index contributed by atoms with van der Waals surface area (Å²) in [6.45, 7) is 4.38. The van der Waals surface area contributed by atoms with E-state index >= 15 is 0 Å². The number of aromatic nitrogens is 13. The Labute approximate surface area is 552 Å². The van der Waals surface area contributed by atoms with Gasteiger partial charge in [0.2, 0.25) is 29.5 Å². The number of imidazole rings is 2. The number of aromatic amines is 2. The lowest BCUT2D eigenvalue weighted by Gasteiger charge is -2.31. The van der Waals surface area contributed by atoms with Crippen LogP contribution in [0.4, 0.5) is 0 Å². The number of carbonyl (C=O) groups excluding carboxylic acids is 5. The third-order valence-electron chi connectivity index (χ3n) is 17.6. The quantitative estimate of drug-likeness (QED) is 0.103. The molecule has 0 radical (unpaired) electrons. The topological polar surface area (TPSA) is 293 Å². The van der Waals surface area contributed by atoms with Crippen molar-refractivity contribution in [2.75, 3.05) is 46.3 Å². The van der Waals surface area contributed by atoms with Gasteiger partial charge in [0.05, 0.1) is 90.8 Å². The number of nitrogens with one attached hydrogen (secondary N) is 5. The largest absolute Gasteiger partial charge is 0.348 e. The lowest BCUT2D eigenvalue weighted by Crippen LogP contribution is -2.38. The van der Waals surface area contributed by atoms with E-state index in [0.29, 0.717) is 37.7 Å². The smallest absolute Gasteiger partial charge is 0.248 e. The first-order valence-corrected chi connectivity index (χ1v) is 32.5. The van der Waals surface area contributed by atoms with Crippen molar-refractivity contribution in [3.63, 3.8) is 0 Å². The SMILES string of the molecule is C.CC[C@@H]1CCCC[C@H]1NC.O=C1C=C2c3cccc(-n4nccn4)c3CCN2C(=O)CN1.O=C1C=C2c3cccc(I)c3CCN2C(=O)CN1.O=C1CN=C(n2cnc(C3CC3)c2)C=C2c3cccc(-n4nccn4)c3CCN12.c1cn[nH]n1.c1ncc(C2CC2)[nH]1. The molecule has 0 saturated heterocycles. The summed E-state index contributed by atoms with van der Waals surface area (Å²) in [5.74, 6) is 2.52. The van der Waals surface area contributed by atoms with Crippen molar-refractivity contribution in [1.82, 2.24) is 95.6 Å². The van der Waals surface area contributed by atoms with Crippen LogP contribution in [0.15, 0.2) is 140 Å². The van der Waals surface area contributed by atoms with Gasteiger partial charge < -0.3 is 35.6 Å². The number of nitrogens with zero attached hydrogens (tertiary/aromatic N) is 15. The number of benzene rings is 3. The molecule has 8 aromatic rings. The second kappa shape index (κ2) is 30.2. The van der Waals surface area contributed by atoms with E-state index in [1.807, 2.05) is 76.5 Å². The Kier molecular flexibility index (Phi) is 21.1. The molecular formula is C67H77IN20O5. The minimum Gasteiger partial charge on any atom is -0.348 e. The number of fused-ring (bicyclic) bond motifs is 9. The van der Waals surface area contributed by atoms with Gasteiger partial charge in [0.1, 0.15) is 18.7 Å². The van der Waals surface area contributed by atoms with Crippen LogP contribution in [0, 0.1) is 9.49 Å². The van der Waals surface area contributed by atoms with Gasteiger partial charge in [0, 0.05) is 94.1 Å². The number of amides is 5. The molecule has 2 atom stereocenters. The molecule has 5 aromatic heterocycles. The lowest BCUT2D eigenvalue weighted by atomic mass is 9.83. The lowest BCUT2D eigenvalue weighted by molar-refractivity contribution is -0.128. The predicted octanol–water partition coefficient (Wildman–Crippen LogP) is 7.20. The highest BCUT2D eigenvalue weighted by molar-refractivity contribution is 14.1. The molecule has 3 aromatic carbocycles. The molecule has 3 fully saturated rings. The van der Waals surface area contributed by atoms with Crippen molar-refractivity contribution in [2.45, 2.75) is 109 Å². The van der Waals surface area contributed by atoms with Crippen LogP contribution < -0.4 is 16.0 Å². The number of H-pyrrole nitrogens is 2. The number of hydrogen-bond acceptors (Lipinski definition) is 15. The summed E-state index contributed by atoms with van der Waals surface area (Å²) >= 11 is 2.30. The molecular weight excluding hydrogens is 1290 g/mol. The molecule has 0 spiro atoms. The van der Waals surface area contributed by atoms with E-state index in [1.165, 1.54) is 84.8 Å². The normalized spacial score (nSPS) is 19.2. The van der Waals surface area contributed by atoms with Gasteiger partial charge >= 0.3 is 0 Å². The van der Waals surface area contributed by atoms with Crippen LogP contribution in [0.5, 0.6) is 0 Å². The number of hydrogen-bond donors (Lipinski definition) is 5. The number of carbonyl (C=O) groups is 5. The van der Waals surface area contributed by atoms with Gasteiger partial charge in [-0.2, -0.15) is 45.4 Å². The second-order valence-electron chi connectivity index (χ2n) is 23.4. The molecule has 17 rings (SSSR count). The average molecular weight is 1370 g/mol. The predicted molar refractivity (Wildman–Crippen MR) is 359 cm³/mol. The number of halogens is 1. The summed E-state index contributed by atoms with van der Waals surface area (Å²) < 4.78 is 3.12. The fourth-order valence-electron chi connectivity index (χ4n) is 12.6. The molecule has 6 aliphatic heterocycles. The van der Waals surface area contributed by atoms with Crippen LogP contribution in [0.1, 0.15) is 129 Å². The zero-order chi connectivity index (χ0) is 63.5. The van der Waals surface area contributed by atoms with Gasteiger partial charge in [-0.15, -0.1) is 0 Å². The van der Waals surface area contributed by atoms with Crippen LogP contribution in [0.25, 0.3) is 28.5 Å². The van der Waals surface area contributed by atoms with E-state index in [2.05, 4.69) is 114 Å². The number of aliphatic imine (C=N–C) groups is 1. The van der Waals surface area contributed by atoms with Crippen LogP contribution in [-0.4, -0.2) is 167 Å². The molecule has 3 aliphatic carbocycles. The standard InChI is InChI=1S/C21H19N7O.C15H13N5O2.C13H11IN2O2.C9H19N.C6H8N2.C2H3N3.CH4/c29-21-11-22-20(26-12-17(23-13-26)14-4-5-14)10-19-15-2-1-3-18(28-24-7-8-25-28)16(15)6-9-27(19)21;21-14-8-13-10-2-1-3-12(20-17-5-6-18-20)11(10)4-7-19(13)15(22)9-16-14;14-10-3-1-2-9-8(10)4-5-16-11(9)6-12(17)15-7-13(16)18;1-3-8-6-4-5-7-9(8)10-2;1-2-5(1)6-3-7-4-8-6;1-2-4-5-3-1;/h1-3,7-8,10,12-14H,4-6,9,11H2;1-3,5-6,8H,4,7,9H2,(H,16,21);1-3,6H,4-5,7H2,(H,15,17);8-10H,3-7H2,1-2H3;3-5H,1-2H2,(H,7,8);1-2H,(H,3,4,5);1H4/t;;;8-,9-;;;/m...1.../s1. The zero-order valence-electron chi connectivity index (χ0n) is 51.4. The first-order chi connectivity index (χ1) is 45.0. The Morgan fingerprint density at radius 2 is 1.14 bits per heavy atom. The molecule has 11 heterocycles. The molecule has 0 bridgehead atoms. The molecule has 5 amide bonds. The van der Waals surface area contributed by atoms with Crippen LogP contribution in [0.2, 0.25) is 0 Å². The Morgan fingerprint density at radius 1 is 0.613 bits per heavy atom. The third kappa shape index (κ3) is 15.3. The molecule has 482 valence electrons. The maximum atomic E-state index is 12.8. The highest BCUT2D eigenvalue weighted by atomic mass is 127. The van der Waals surface area contributed by atoms with E-state index in [4.69, 9.17) is 0 Å². The Morgan fingerprint density at radius 3 is 1.65 bits per heavy atom. The van der Waals surface area contributed by atoms with Gasteiger partial charge in [0.15, 0.2) is 0 Å². The monoisotopic (exact) mass is 1370 g/mol. The summed E-state index contributed by atoms with van der Waals surface area (Å²) in [5, 5.41) is 34.8. The van der Waals surface area contributed by atoms with Gasteiger partial charge in [-0.05, 0) is 128 Å². The molecule has 3 saturated carbocycles. The van der Waals surface area contributed by atoms with Crippen molar-refractivity contribution < 1.29 is 24.0 Å². The summed E-state index contributed by atoms with van der Waals surface area (Å²) in [4.78, 5) is 84.9. The van der Waals surface area contributed by atoms with Crippen molar-refractivity contribution in [3.8, 4) is 11.4 Å². The average Bonchev–Trinajstić information content (AvgIpc) is 1.69. The molecule has 93 heavy (non-hydrogen) atoms. The van der Waals surface area contributed by atoms with Gasteiger partial charge in [-0.25, -0.2) is 9.97 Å². The Bertz CT molecular complexity index is 4000. The molecule has 0 unspecified atom stereocenters. The van der Waals surface area contributed by atoms with Crippen molar-refractivity contribution in [2.24, 2.45) is 10.9 Å². The first kappa shape index (κ1) is 64.9. The highest BCUT2D eigenvalue weighted by Gasteiger charge is 2.34. The first-order valence-electron chi connectivity index (χ1n) is 31.4. The van der Waals surface area contributed by atoms with Crippen molar-refractivity contribution in [1.29, 1.82) is 0 Å². The summed E-state index contributed by atoms with van der Waals surface area (Å²) in [6, 6.07) is 18.6. The third-order valence-corrected chi connectivity index (χ3v) is 18.6. The van der Waals surface area contributed by atoms with E-state index in [0.717, 1.165) is 92.8 Å². The second-order valence-corrected chi connectivity index (χ2v) is 24.5. The summed E-state index contributed by atoms with van der Waals surface area (Å²) in [6.07, 6.45) is 36.8. The Balaban J connectivity index is 0.000000123. The van der Waals surface area contributed by atoms with Crippen LogP contribution in [-0.2, 0) is 43.2 Å². The maximum Gasteiger partial charge on any atom is 0.248 e. The van der Waals surface area contributed by atoms with Gasteiger partial charge in [-0.1, -0.05) is 70.0 Å².